The molecule has 0 aliphatic carbocycles. The van der Waals surface area contributed by atoms with E-state index < -0.39 is 0 Å². The molecule has 0 unspecified atom stereocenters. The number of pyridine rings is 2. The van der Waals surface area contributed by atoms with E-state index in [0.717, 1.165) is 27.5 Å². The number of nitrogens with one attached hydrogen (secondary N) is 1. The number of H-pyrrole nitrogens is 1. The molecule has 2 N–H and O–H groups in total. The number of rotatable bonds is 3. The first-order valence-electron chi connectivity index (χ1n) is 7.39. The van der Waals surface area contributed by atoms with Crippen molar-refractivity contribution >= 4 is 21.7 Å². The molecule has 4 rings (SSSR count). The van der Waals surface area contributed by atoms with Gasteiger partial charge in [-0.1, -0.05) is 12.1 Å². The molecule has 0 saturated carbocycles. The van der Waals surface area contributed by atoms with Crippen molar-refractivity contribution in [3.05, 3.63) is 76.6 Å². The average molecular weight is 305 g/mol. The molecule has 0 aliphatic heterocycles. The van der Waals surface area contributed by atoms with E-state index in [-0.39, 0.29) is 12.2 Å². The van der Waals surface area contributed by atoms with E-state index in [1.165, 1.54) is 0 Å². The minimum Gasteiger partial charge on any atom is -0.390 e. The van der Waals surface area contributed by atoms with E-state index in [1.807, 2.05) is 42.6 Å². The molecule has 0 atom stereocenters. The van der Waals surface area contributed by atoms with Crippen molar-refractivity contribution < 1.29 is 5.11 Å². The molecule has 0 fully saturated rings. The lowest BCUT2D eigenvalue weighted by Gasteiger charge is -2.07. The highest BCUT2D eigenvalue weighted by molar-refractivity contribution is 5.81. The summed E-state index contributed by atoms with van der Waals surface area (Å²) in [6.07, 6.45) is 5.10. The number of aliphatic hydroxyl groups excluding tert-OH is 1. The molecule has 1 aromatic carbocycles. The fourth-order valence-electron chi connectivity index (χ4n) is 2.86. The molecule has 23 heavy (non-hydrogen) atoms. The van der Waals surface area contributed by atoms with Crippen molar-refractivity contribution in [3.8, 4) is 0 Å². The van der Waals surface area contributed by atoms with Crippen LogP contribution in [0.2, 0.25) is 0 Å². The maximum atomic E-state index is 12.5. The van der Waals surface area contributed by atoms with Gasteiger partial charge in [-0.05, 0) is 40.6 Å². The van der Waals surface area contributed by atoms with E-state index in [4.69, 9.17) is 0 Å². The van der Waals surface area contributed by atoms with Crippen LogP contribution >= 0.6 is 0 Å². The molecular weight excluding hydrogens is 290 g/mol. The second-order valence-electron chi connectivity index (χ2n) is 5.59. The minimum atomic E-state index is -0.0433. The monoisotopic (exact) mass is 305 g/mol. The Morgan fingerprint density at radius 1 is 1.13 bits per heavy atom. The van der Waals surface area contributed by atoms with E-state index in [1.54, 1.807) is 17.0 Å². The van der Waals surface area contributed by atoms with Gasteiger partial charge in [-0.25, -0.2) is 0 Å². The Hall–Kier alpha value is -2.92. The van der Waals surface area contributed by atoms with Gasteiger partial charge in [-0.3, -0.25) is 9.78 Å². The predicted molar refractivity (Wildman–Crippen MR) is 89.3 cm³/mol. The second kappa shape index (κ2) is 5.37. The number of fused-ring (bicyclic) bond motifs is 2. The smallest absolute Gasteiger partial charge is 0.260 e. The number of aromatic amines is 1. The fourth-order valence-corrected chi connectivity index (χ4v) is 2.86. The number of nitrogens with zero attached hydrogens (tertiary/aromatic N) is 2. The summed E-state index contributed by atoms with van der Waals surface area (Å²) in [5.41, 5.74) is 2.72. The Bertz CT molecular complexity index is 1060. The Balaban J connectivity index is 1.75. The number of benzene rings is 1. The molecule has 0 bridgehead atoms. The van der Waals surface area contributed by atoms with Gasteiger partial charge in [0, 0.05) is 29.8 Å². The van der Waals surface area contributed by atoms with Crippen LogP contribution in [-0.2, 0) is 13.2 Å². The molecule has 0 aliphatic rings. The van der Waals surface area contributed by atoms with Crippen LogP contribution in [0, 0.1) is 0 Å². The molecular formula is C18H15N3O2. The van der Waals surface area contributed by atoms with Crippen LogP contribution in [0.1, 0.15) is 11.3 Å². The summed E-state index contributed by atoms with van der Waals surface area (Å²) < 4.78 is 1.68. The zero-order valence-corrected chi connectivity index (χ0v) is 12.4. The Kier molecular flexibility index (Phi) is 3.20. The third-order valence-electron chi connectivity index (χ3n) is 4.05. The van der Waals surface area contributed by atoms with Crippen LogP contribution in [0.25, 0.3) is 21.7 Å². The maximum Gasteiger partial charge on any atom is 0.260 e. The van der Waals surface area contributed by atoms with E-state index >= 15 is 0 Å². The minimum absolute atomic E-state index is 0.0128. The summed E-state index contributed by atoms with van der Waals surface area (Å²) in [5, 5.41) is 11.8. The first kappa shape index (κ1) is 13.7. The fraction of sp³-hybridized carbons (Fsp3) is 0.111. The normalized spacial score (nSPS) is 11.3. The first-order valence-corrected chi connectivity index (χ1v) is 7.39. The van der Waals surface area contributed by atoms with E-state index in [2.05, 4.69) is 9.97 Å². The van der Waals surface area contributed by atoms with Crippen LogP contribution in [0.4, 0.5) is 0 Å². The highest BCUT2D eigenvalue weighted by Crippen LogP contribution is 2.18. The van der Waals surface area contributed by atoms with Gasteiger partial charge >= 0.3 is 0 Å². The molecule has 0 amide bonds. The van der Waals surface area contributed by atoms with E-state index in [9.17, 15) is 9.90 Å². The highest BCUT2D eigenvalue weighted by atomic mass is 16.3. The molecule has 114 valence electrons. The quantitative estimate of drug-likeness (QED) is 0.610. The summed E-state index contributed by atoms with van der Waals surface area (Å²) in [6.45, 7) is 0.480. The molecule has 5 heteroatoms. The summed E-state index contributed by atoms with van der Waals surface area (Å²) in [7, 11) is 0. The third-order valence-corrected chi connectivity index (χ3v) is 4.05. The Labute approximate surface area is 131 Å². The molecule has 4 aromatic rings. The van der Waals surface area contributed by atoms with Crippen molar-refractivity contribution in [2.24, 2.45) is 0 Å². The van der Waals surface area contributed by atoms with Crippen molar-refractivity contribution in [3.63, 3.8) is 0 Å². The van der Waals surface area contributed by atoms with Gasteiger partial charge in [0.2, 0.25) is 0 Å². The van der Waals surface area contributed by atoms with Crippen LogP contribution in [0.3, 0.4) is 0 Å². The molecule has 0 radical (unpaired) electrons. The maximum absolute atomic E-state index is 12.5. The summed E-state index contributed by atoms with van der Waals surface area (Å²) >= 11 is 0. The molecule has 0 saturated heterocycles. The van der Waals surface area contributed by atoms with Gasteiger partial charge in [0.05, 0.1) is 18.5 Å². The Morgan fingerprint density at radius 2 is 2.04 bits per heavy atom. The largest absolute Gasteiger partial charge is 0.390 e. The predicted octanol–water partition coefficient (Wildman–Crippen LogP) is 2.42. The third kappa shape index (κ3) is 2.41. The number of aliphatic hydroxyl groups is 1. The van der Waals surface area contributed by atoms with Crippen molar-refractivity contribution in [2.45, 2.75) is 13.2 Å². The molecule has 3 heterocycles. The SMILES string of the molecule is O=c1c2cnccc2ccn1Cc1ccc2cc(CO)[nH]c2c1. The zero-order chi connectivity index (χ0) is 15.8. The summed E-state index contributed by atoms with van der Waals surface area (Å²) in [5.74, 6) is 0. The van der Waals surface area contributed by atoms with Crippen molar-refractivity contribution in [1.29, 1.82) is 0 Å². The first-order chi connectivity index (χ1) is 11.2. The van der Waals surface area contributed by atoms with Gasteiger partial charge in [0.1, 0.15) is 0 Å². The molecule has 5 nitrogen and oxygen atoms in total. The van der Waals surface area contributed by atoms with Crippen LogP contribution < -0.4 is 5.56 Å². The van der Waals surface area contributed by atoms with Gasteiger partial charge in [-0.2, -0.15) is 0 Å². The lowest BCUT2D eigenvalue weighted by atomic mass is 10.1. The standard InChI is InChI=1S/C18H15N3O2/c22-11-15-8-14-2-1-12(7-17(14)20-15)10-21-6-4-13-3-5-19-9-16(13)18(21)23/h1-9,20,22H,10-11H2. The summed E-state index contributed by atoms with van der Waals surface area (Å²) in [6, 6.07) is 11.7. The van der Waals surface area contributed by atoms with Gasteiger partial charge in [-0.15, -0.1) is 0 Å². The molecule has 0 spiro atoms. The molecule has 3 aromatic heterocycles. The van der Waals surface area contributed by atoms with Gasteiger partial charge in [0.25, 0.3) is 5.56 Å². The zero-order valence-electron chi connectivity index (χ0n) is 12.4. The van der Waals surface area contributed by atoms with Crippen LogP contribution in [-0.4, -0.2) is 19.6 Å². The number of hydrogen-bond donors (Lipinski definition) is 2. The second-order valence-corrected chi connectivity index (χ2v) is 5.59. The number of hydrogen-bond acceptors (Lipinski definition) is 3. The average Bonchev–Trinajstić information content (AvgIpc) is 3.00. The van der Waals surface area contributed by atoms with E-state index in [0.29, 0.717) is 11.9 Å². The van der Waals surface area contributed by atoms with Gasteiger partial charge < -0.3 is 14.7 Å². The van der Waals surface area contributed by atoms with Crippen LogP contribution in [0.15, 0.2) is 59.8 Å². The Morgan fingerprint density at radius 3 is 2.91 bits per heavy atom. The highest BCUT2D eigenvalue weighted by Gasteiger charge is 2.05. The van der Waals surface area contributed by atoms with Crippen molar-refractivity contribution in [1.82, 2.24) is 14.5 Å². The topological polar surface area (TPSA) is 70.9 Å². The van der Waals surface area contributed by atoms with Crippen molar-refractivity contribution in [2.75, 3.05) is 0 Å². The lowest BCUT2D eigenvalue weighted by molar-refractivity contribution is 0.278. The lowest BCUT2D eigenvalue weighted by Crippen LogP contribution is -2.20. The number of aromatic nitrogens is 3. The van der Waals surface area contributed by atoms with Crippen LogP contribution in [0.5, 0.6) is 0 Å². The summed E-state index contributed by atoms with van der Waals surface area (Å²) in [4.78, 5) is 19.7. The van der Waals surface area contributed by atoms with Gasteiger partial charge in [0.15, 0.2) is 0 Å².